The summed E-state index contributed by atoms with van der Waals surface area (Å²) in [6, 6.07) is 6.60. The van der Waals surface area contributed by atoms with Crippen LogP contribution in [0.15, 0.2) is 32.7 Å². The Bertz CT molecular complexity index is 566. The summed E-state index contributed by atoms with van der Waals surface area (Å²) >= 11 is 5.13. The van der Waals surface area contributed by atoms with Crippen LogP contribution in [0, 0.1) is 0 Å². The zero-order valence-corrected chi connectivity index (χ0v) is 12.0. The average Bonchev–Trinajstić information content (AvgIpc) is 3.12. The van der Waals surface area contributed by atoms with Crippen LogP contribution < -0.4 is 5.73 Å². The lowest BCUT2D eigenvalue weighted by Gasteiger charge is -2.06. The van der Waals surface area contributed by atoms with Gasteiger partial charge in [-0.3, -0.25) is 0 Å². The van der Waals surface area contributed by atoms with Crippen molar-refractivity contribution in [1.82, 2.24) is 20.2 Å². The van der Waals surface area contributed by atoms with Gasteiger partial charge in [-0.1, -0.05) is 6.07 Å². The van der Waals surface area contributed by atoms with Crippen LogP contribution in [0.2, 0.25) is 0 Å². The minimum Gasteiger partial charge on any atom is -0.326 e. The Labute approximate surface area is 117 Å². The lowest BCUT2D eigenvalue weighted by molar-refractivity contribution is 0.565. The van der Waals surface area contributed by atoms with Crippen molar-refractivity contribution in [2.75, 3.05) is 0 Å². The molecule has 0 aliphatic heterocycles. The predicted molar refractivity (Wildman–Crippen MR) is 72.2 cm³/mol. The van der Waals surface area contributed by atoms with Crippen LogP contribution in [0.5, 0.6) is 0 Å². The van der Waals surface area contributed by atoms with E-state index in [4.69, 9.17) is 5.73 Å². The molecule has 1 aliphatic rings. The Balaban J connectivity index is 1.85. The van der Waals surface area contributed by atoms with Gasteiger partial charge in [-0.05, 0) is 68.7 Å². The summed E-state index contributed by atoms with van der Waals surface area (Å²) < 4.78 is 2.94. The molecule has 1 saturated carbocycles. The molecule has 0 bridgehead atoms. The molecule has 0 amide bonds. The van der Waals surface area contributed by atoms with Gasteiger partial charge in [-0.25, -0.2) is 4.68 Å². The van der Waals surface area contributed by atoms with E-state index in [1.807, 2.05) is 22.9 Å². The second kappa shape index (κ2) is 4.99. The first-order chi connectivity index (χ1) is 8.78. The quantitative estimate of drug-likeness (QED) is 0.934. The van der Waals surface area contributed by atoms with Gasteiger partial charge in [0.15, 0.2) is 0 Å². The second-order valence-corrected chi connectivity index (χ2v) is 6.07. The maximum Gasteiger partial charge on any atom is 0.214 e. The molecule has 5 nitrogen and oxygen atoms in total. The fourth-order valence-corrected chi connectivity index (χ4v) is 3.17. The van der Waals surface area contributed by atoms with E-state index in [2.05, 4.69) is 31.5 Å². The molecule has 1 aromatic heterocycles. The molecule has 1 heterocycles. The van der Waals surface area contributed by atoms with Crippen LogP contribution in [0.4, 0.5) is 0 Å². The summed E-state index contributed by atoms with van der Waals surface area (Å²) in [5, 5.41) is 12.7. The van der Waals surface area contributed by atoms with Gasteiger partial charge >= 0.3 is 0 Å². The molecule has 1 fully saturated rings. The number of nitrogens with zero attached hydrogens (tertiary/aromatic N) is 4. The van der Waals surface area contributed by atoms with Gasteiger partial charge < -0.3 is 5.73 Å². The van der Waals surface area contributed by atoms with Crippen molar-refractivity contribution in [1.29, 1.82) is 0 Å². The van der Waals surface area contributed by atoms with Gasteiger partial charge in [-0.15, -0.1) is 5.10 Å². The molecule has 2 aromatic rings. The zero-order chi connectivity index (χ0) is 12.5. The summed E-state index contributed by atoms with van der Waals surface area (Å²) in [5.74, 6) is 0. The van der Waals surface area contributed by atoms with Gasteiger partial charge in [0.2, 0.25) is 5.16 Å². The number of hydrogen-bond donors (Lipinski definition) is 1. The SMILES string of the molecule is NCc1ccc(Sc2nnnn2C2CC2)c(Br)c1. The molecule has 2 N–H and O–H groups in total. The van der Waals surface area contributed by atoms with Crippen LogP contribution in [0.3, 0.4) is 0 Å². The van der Waals surface area contributed by atoms with Crippen LogP contribution in [0.1, 0.15) is 24.4 Å². The fraction of sp³-hybridized carbons (Fsp3) is 0.364. The normalized spacial score (nSPS) is 15.0. The van der Waals surface area contributed by atoms with E-state index in [0.717, 1.165) is 20.1 Å². The molecular formula is C11H12BrN5S. The Morgan fingerprint density at radius 1 is 1.44 bits per heavy atom. The molecule has 0 saturated heterocycles. The lowest BCUT2D eigenvalue weighted by Crippen LogP contribution is -1.99. The first kappa shape index (κ1) is 12.1. The average molecular weight is 326 g/mol. The number of benzene rings is 1. The van der Waals surface area contributed by atoms with Gasteiger partial charge in [0.1, 0.15) is 0 Å². The number of rotatable bonds is 4. The van der Waals surface area contributed by atoms with Crippen LogP contribution in [-0.2, 0) is 6.54 Å². The number of halogens is 1. The maximum absolute atomic E-state index is 5.61. The van der Waals surface area contributed by atoms with E-state index >= 15 is 0 Å². The number of aromatic nitrogens is 4. The minimum atomic E-state index is 0.490. The van der Waals surface area contributed by atoms with E-state index in [9.17, 15) is 0 Å². The van der Waals surface area contributed by atoms with E-state index < -0.39 is 0 Å². The molecular weight excluding hydrogens is 314 g/mol. The van der Waals surface area contributed by atoms with Crippen LogP contribution in [-0.4, -0.2) is 20.2 Å². The second-order valence-electron chi connectivity index (χ2n) is 4.21. The van der Waals surface area contributed by atoms with E-state index in [-0.39, 0.29) is 0 Å². The van der Waals surface area contributed by atoms with Gasteiger partial charge in [0, 0.05) is 15.9 Å². The van der Waals surface area contributed by atoms with Crippen molar-refractivity contribution in [3.05, 3.63) is 28.2 Å². The summed E-state index contributed by atoms with van der Waals surface area (Å²) in [6.07, 6.45) is 2.35. The van der Waals surface area contributed by atoms with Crippen molar-refractivity contribution in [2.45, 2.75) is 35.5 Å². The van der Waals surface area contributed by atoms with Gasteiger partial charge in [-0.2, -0.15) is 0 Å². The molecule has 1 aromatic carbocycles. The third-order valence-electron chi connectivity index (χ3n) is 2.79. The summed E-state index contributed by atoms with van der Waals surface area (Å²) in [7, 11) is 0. The van der Waals surface area contributed by atoms with Gasteiger partial charge in [0.05, 0.1) is 6.04 Å². The van der Waals surface area contributed by atoms with E-state index in [1.165, 1.54) is 12.8 Å². The monoisotopic (exact) mass is 325 g/mol. The molecule has 1 aliphatic carbocycles. The minimum absolute atomic E-state index is 0.490. The Morgan fingerprint density at radius 2 is 2.28 bits per heavy atom. The number of nitrogens with two attached hydrogens (primary N) is 1. The number of hydrogen-bond acceptors (Lipinski definition) is 5. The van der Waals surface area contributed by atoms with E-state index in [0.29, 0.717) is 12.6 Å². The standard InChI is InChI=1S/C11H12BrN5S/c12-9-5-7(6-13)1-4-10(9)18-11-14-15-16-17(11)8-2-3-8/h1,4-5,8H,2-3,6,13H2. The van der Waals surface area contributed by atoms with Crippen molar-refractivity contribution in [3.63, 3.8) is 0 Å². The molecule has 0 spiro atoms. The first-order valence-electron chi connectivity index (χ1n) is 5.72. The topological polar surface area (TPSA) is 69.6 Å². The highest BCUT2D eigenvalue weighted by Crippen LogP contribution is 2.39. The summed E-state index contributed by atoms with van der Waals surface area (Å²) in [4.78, 5) is 1.10. The Kier molecular flexibility index (Phi) is 3.36. The predicted octanol–water partition coefficient (Wildman–Crippen LogP) is 2.38. The lowest BCUT2D eigenvalue weighted by atomic mass is 10.2. The third kappa shape index (κ3) is 2.43. The van der Waals surface area contributed by atoms with Crippen molar-refractivity contribution >= 4 is 27.7 Å². The zero-order valence-electron chi connectivity index (χ0n) is 9.58. The highest BCUT2D eigenvalue weighted by Gasteiger charge is 2.28. The number of tetrazole rings is 1. The van der Waals surface area contributed by atoms with Gasteiger partial charge in [0.25, 0.3) is 0 Å². The molecule has 7 heteroatoms. The van der Waals surface area contributed by atoms with Crippen molar-refractivity contribution in [2.24, 2.45) is 5.73 Å². The first-order valence-corrected chi connectivity index (χ1v) is 7.33. The largest absolute Gasteiger partial charge is 0.326 e. The van der Waals surface area contributed by atoms with Crippen molar-refractivity contribution in [3.8, 4) is 0 Å². The Hall–Kier alpha value is -0.920. The highest BCUT2D eigenvalue weighted by atomic mass is 79.9. The molecule has 0 radical (unpaired) electrons. The maximum atomic E-state index is 5.61. The Morgan fingerprint density at radius 3 is 2.94 bits per heavy atom. The van der Waals surface area contributed by atoms with Crippen LogP contribution in [0.25, 0.3) is 0 Å². The molecule has 0 atom stereocenters. The van der Waals surface area contributed by atoms with Crippen LogP contribution >= 0.6 is 27.7 Å². The molecule has 18 heavy (non-hydrogen) atoms. The molecule has 94 valence electrons. The third-order valence-corrected chi connectivity index (χ3v) is 4.73. The smallest absolute Gasteiger partial charge is 0.214 e. The highest BCUT2D eigenvalue weighted by molar-refractivity contribution is 9.10. The fourth-order valence-electron chi connectivity index (χ4n) is 1.65. The van der Waals surface area contributed by atoms with Crippen molar-refractivity contribution < 1.29 is 0 Å². The molecule has 0 unspecified atom stereocenters. The summed E-state index contributed by atoms with van der Waals surface area (Å²) in [6.45, 7) is 0.545. The molecule has 3 rings (SSSR count). The van der Waals surface area contributed by atoms with E-state index in [1.54, 1.807) is 11.8 Å². The summed E-state index contributed by atoms with van der Waals surface area (Å²) in [5.41, 5.74) is 6.72.